The molecule has 5 nitrogen and oxygen atoms in total. The van der Waals surface area contributed by atoms with Crippen LogP contribution in [0.5, 0.6) is 0 Å². The zero-order valence-electron chi connectivity index (χ0n) is 20.2. The molecule has 0 aliphatic heterocycles. The minimum Gasteiger partial charge on any atom is -0.480 e. The van der Waals surface area contributed by atoms with Gasteiger partial charge < -0.3 is 15.2 Å². The number of aliphatic carboxylic acids is 1. The highest BCUT2D eigenvalue weighted by Crippen LogP contribution is 2.39. The van der Waals surface area contributed by atoms with E-state index in [0.29, 0.717) is 19.3 Å². The van der Waals surface area contributed by atoms with Gasteiger partial charge in [0.1, 0.15) is 0 Å². The summed E-state index contributed by atoms with van der Waals surface area (Å²) in [6, 6.07) is 8.93. The molecule has 0 saturated heterocycles. The number of carboxylic acids is 1. The van der Waals surface area contributed by atoms with Gasteiger partial charge in [-0.1, -0.05) is 76.1 Å². The van der Waals surface area contributed by atoms with E-state index >= 15 is 0 Å². The predicted octanol–water partition coefficient (Wildman–Crippen LogP) is 5.69. The van der Waals surface area contributed by atoms with Crippen LogP contribution in [0, 0.1) is 5.41 Å². The Bertz CT molecular complexity index is 687. The number of nitrogens with one attached hydrogen (secondary N) is 1. The summed E-state index contributed by atoms with van der Waals surface area (Å²) in [5.41, 5.74) is 1.31. The highest BCUT2D eigenvalue weighted by molar-refractivity contribution is 5.99. The second-order valence-corrected chi connectivity index (χ2v) is 9.29. The van der Waals surface area contributed by atoms with Crippen LogP contribution in [-0.2, 0) is 27.2 Å². The Morgan fingerprint density at radius 2 is 1.56 bits per heavy atom. The number of rotatable bonds is 16. The molecule has 1 aliphatic carbocycles. The molecule has 2 rings (SSSR count). The molecule has 2 unspecified atom stereocenters. The van der Waals surface area contributed by atoms with Crippen LogP contribution >= 0.6 is 0 Å². The summed E-state index contributed by atoms with van der Waals surface area (Å²) >= 11 is 0. The molecule has 1 aromatic carbocycles. The van der Waals surface area contributed by atoms with Gasteiger partial charge in [0.15, 0.2) is 5.41 Å². The van der Waals surface area contributed by atoms with Crippen molar-refractivity contribution in [1.82, 2.24) is 5.32 Å². The van der Waals surface area contributed by atoms with Crippen molar-refractivity contribution >= 4 is 11.9 Å². The van der Waals surface area contributed by atoms with Crippen LogP contribution in [0.1, 0.15) is 95.6 Å². The molecule has 2 atom stereocenters. The first-order valence-electron chi connectivity index (χ1n) is 12.7. The number of carbonyl (C=O) groups excluding carboxylic acids is 1. The van der Waals surface area contributed by atoms with Crippen molar-refractivity contribution in [2.24, 2.45) is 5.41 Å². The van der Waals surface area contributed by atoms with E-state index < -0.39 is 17.4 Å². The molecule has 1 fully saturated rings. The molecule has 1 aliphatic rings. The van der Waals surface area contributed by atoms with Crippen molar-refractivity contribution in [3.63, 3.8) is 0 Å². The largest absolute Gasteiger partial charge is 0.480 e. The van der Waals surface area contributed by atoms with Gasteiger partial charge in [0.2, 0.25) is 0 Å². The molecule has 0 spiro atoms. The van der Waals surface area contributed by atoms with E-state index in [-0.39, 0.29) is 12.6 Å². The van der Waals surface area contributed by atoms with Crippen LogP contribution in [0.25, 0.3) is 0 Å². The topological polar surface area (TPSA) is 75.6 Å². The number of aryl methyl sites for hydroxylation is 1. The Balaban J connectivity index is 1.64. The van der Waals surface area contributed by atoms with E-state index in [4.69, 9.17) is 4.74 Å². The van der Waals surface area contributed by atoms with Crippen LogP contribution in [0.4, 0.5) is 0 Å². The van der Waals surface area contributed by atoms with Gasteiger partial charge in [-0.3, -0.25) is 9.59 Å². The Labute approximate surface area is 194 Å². The molecule has 0 aromatic heterocycles. The molecule has 0 heterocycles. The number of benzene rings is 1. The van der Waals surface area contributed by atoms with Crippen LogP contribution < -0.4 is 5.32 Å². The molecule has 1 aromatic rings. The first-order chi connectivity index (χ1) is 15.5. The van der Waals surface area contributed by atoms with E-state index in [1.54, 1.807) is 6.92 Å². The minimum absolute atomic E-state index is 0.0387. The lowest BCUT2D eigenvalue weighted by molar-refractivity contribution is -0.168. The maximum absolute atomic E-state index is 12.2. The van der Waals surface area contributed by atoms with Gasteiger partial charge in [-0.05, 0) is 63.1 Å². The van der Waals surface area contributed by atoms with E-state index in [2.05, 4.69) is 36.5 Å². The van der Waals surface area contributed by atoms with Gasteiger partial charge in [0, 0.05) is 6.04 Å². The highest BCUT2D eigenvalue weighted by atomic mass is 16.5. The quantitative estimate of drug-likeness (QED) is 0.194. The number of hydrogen-bond donors (Lipinski definition) is 2. The Kier molecular flexibility index (Phi) is 11.8. The van der Waals surface area contributed by atoms with Gasteiger partial charge in [0.25, 0.3) is 0 Å². The van der Waals surface area contributed by atoms with Crippen LogP contribution in [0.15, 0.2) is 24.3 Å². The number of carbonyl (C=O) groups is 2. The standard InChI is InChI=1S/C27H43NO4/c1-3-5-6-7-8-9-10-11-12-22-13-15-23(16-14-22)18-20-28-24-17-19-27(21-24,25(29)30)26(31)32-4-2/h13-16,24,28H,3-12,17-21H2,1-2H3,(H,29,30). The SMILES string of the molecule is CCCCCCCCCCc1ccc(CCNC2CCC(C(=O)O)(C(=O)OCC)C2)cc1. The molecular formula is C27H43NO4. The van der Waals surface area contributed by atoms with Crippen LogP contribution in [0.2, 0.25) is 0 Å². The summed E-state index contributed by atoms with van der Waals surface area (Å²) in [4.78, 5) is 24.0. The third-order valence-corrected chi connectivity index (χ3v) is 6.78. The molecule has 5 heteroatoms. The fraction of sp³-hybridized carbons (Fsp3) is 0.704. The first-order valence-corrected chi connectivity index (χ1v) is 12.7. The second-order valence-electron chi connectivity index (χ2n) is 9.29. The van der Waals surface area contributed by atoms with Crippen molar-refractivity contribution in [1.29, 1.82) is 0 Å². The lowest BCUT2D eigenvalue weighted by Gasteiger charge is -2.22. The zero-order chi connectivity index (χ0) is 23.2. The fourth-order valence-corrected chi connectivity index (χ4v) is 4.71. The maximum atomic E-state index is 12.2. The van der Waals surface area contributed by atoms with Crippen LogP contribution in [-0.4, -0.2) is 36.2 Å². The highest BCUT2D eigenvalue weighted by Gasteiger charge is 2.52. The van der Waals surface area contributed by atoms with Gasteiger partial charge in [-0.2, -0.15) is 0 Å². The summed E-state index contributed by atoms with van der Waals surface area (Å²) in [6.07, 6.45) is 14.2. The van der Waals surface area contributed by atoms with Gasteiger partial charge in [0.05, 0.1) is 6.61 Å². The number of esters is 1. The third-order valence-electron chi connectivity index (χ3n) is 6.78. The van der Waals surface area contributed by atoms with Gasteiger partial charge >= 0.3 is 11.9 Å². The maximum Gasteiger partial charge on any atom is 0.323 e. The molecule has 0 bridgehead atoms. The molecule has 0 radical (unpaired) electrons. The Hall–Kier alpha value is -1.88. The summed E-state index contributed by atoms with van der Waals surface area (Å²) in [6.45, 7) is 4.96. The minimum atomic E-state index is -1.38. The monoisotopic (exact) mass is 445 g/mol. The fourth-order valence-electron chi connectivity index (χ4n) is 4.71. The van der Waals surface area contributed by atoms with E-state index in [9.17, 15) is 14.7 Å². The second kappa shape index (κ2) is 14.3. The lowest BCUT2D eigenvalue weighted by atomic mass is 9.86. The van der Waals surface area contributed by atoms with Crippen molar-refractivity contribution in [2.75, 3.05) is 13.2 Å². The predicted molar refractivity (Wildman–Crippen MR) is 129 cm³/mol. The van der Waals surface area contributed by atoms with Crippen molar-refractivity contribution in [3.05, 3.63) is 35.4 Å². The average molecular weight is 446 g/mol. The Morgan fingerprint density at radius 1 is 0.969 bits per heavy atom. The smallest absolute Gasteiger partial charge is 0.323 e. The number of carboxylic acid groups (broad SMARTS) is 1. The Morgan fingerprint density at radius 3 is 2.16 bits per heavy atom. The number of ether oxygens (including phenoxy) is 1. The van der Waals surface area contributed by atoms with Crippen molar-refractivity contribution < 1.29 is 19.4 Å². The first kappa shape index (κ1) is 26.4. The van der Waals surface area contributed by atoms with Crippen molar-refractivity contribution in [3.8, 4) is 0 Å². The zero-order valence-corrected chi connectivity index (χ0v) is 20.2. The summed E-state index contributed by atoms with van der Waals surface area (Å²) in [7, 11) is 0. The summed E-state index contributed by atoms with van der Waals surface area (Å²) in [5, 5.41) is 13.1. The molecule has 0 amide bonds. The summed E-state index contributed by atoms with van der Waals surface area (Å²) in [5.74, 6) is -1.66. The average Bonchev–Trinajstić information content (AvgIpc) is 3.23. The third kappa shape index (κ3) is 8.23. The normalized spacial score (nSPS) is 20.4. The van der Waals surface area contributed by atoms with E-state index in [1.807, 2.05) is 0 Å². The van der Waals surface area contributed by atoms with E-state index in [1.165, 1.54) is 62.5 Å². The summed E-state index contributed by atoms with van der Waals surface area (Å²) < 4.78 is 5.04. The van der Waals surface area contributed by atoms with Crippen LogP contribution in [0.3, 0.4) is 0 Å². The number of hydrogen-bond acceptors (Lipinski definition) is 4. The molecular weight excluding hydrogens is 402 g/mol. The lowest BCUT2D eigenvalue weighted by Crippen LogP contribution is -2.40. The van der Waals surface area contributed by atoms with Crippen molar-refractivity contribution in [2.45, 2.75) is 103 Å². The molecule has 2 N–H and O–H groups in total. The molecule has 1 saturated carbocycles. The van der Waals surface area contributed by atoms with E-state index in [0.717, 1.165) is 19.4 Å². The van der Waals surface area contributed by atoms with Gasteiger partial charge in [-0.15, -0.1) is 0 Å². The molecule has 32 heavy (non-hydrogen) atoms. The number of unbranched alkanes of at least 4 members (excludes halogenated alkanes) is 7. The van der Waals surface area contributed by atoms with Gasteiger partial charge in [-0.25, -0.2) is 0 Å². The molecule has 180 valence electrons.